The van der Waals surface area contributed by atoms with Crippen LogP contribution in [-0.4, -0.2) is 17.3 Å². The predicted octanol–water partition coefficient (Wildman–Crippen LogP) is 1.51. The quantitative estimate of drug-likeness (QED) is 0.675. The lowest BCUT2D eigenvalue weighted by molar-refractivity contribution is 0.415. The van der Waals surface area contributed by atoms with E-state index in [0.29, 0.717) is 5.69 Å². The highest BCUT2D eigenvalue weighted by Crippen LogP contribution is 2.18. The number of hydrogen-bond acceptors (Lipinski definition) is 4. The van der Waals surface area contributed by atoms with Crippen molar-refractivity contribution < 1.29 is 4.74 Å². The van der Waals surface area contributed by atoms with Gasteiger partial charge < -0.3 is 4.74 Å². The van der Waals surface area contributed by atoms with E-state index in [2.05, 4.69) is 10.2 Å². The van der Waals surface area contributed by atoms with Crippen LogP contribution in [0.1, 0.15) is 5.69 Å². The van der Waals surface area contributed by atoms with Gasteiger partial charge in [0, 0.05) is 11.5 Å². The van der Waals surface area contributed by atoms with Gasteiger partial charge in [-0.3, -0.25) is 0 Å². The molecule has 4 heteroatoms. The topological polar surface area (TPSA) is 58.8 Å². The molecule has 0 aliphatic heterocycles. The largest absolute Gasteiger partial charge is 0.497 e. The number of benzene rings is 1. The van der Waals surface area contributed by atoms with Crippen molar-refractivity contribution in [2.45, 2.75) is 0 Å². The van der Waals surface area contributed by atoms with Crippen molar-refractivity contribution in [2.75, 3.05) is 7.11 Å². The van der Waals surface area contributed by atoms with Gasteiger partial charge in [0.25, 0.3) is 0 Å². The molecule has 2 rings (SSSR count). The summed E-state index contributed by atoms with van der Waals surface area (Å²) in [5, 5.41) is 17.1. The molecule has 2 aromatic rings. The number of methoxy groups -OCH3 is 1. The fourth-order valence-electron chi connectivity index (χ4n) is 1.20. The molecule has 0 atom stereocenters. The van der Waals surface area contributed by atoms with Gasteiger partial charge >= 0.3 is 0 Å². The van der Waals surface area contributed by atoms with Crippen LogP contribution in [0.3, 0.4) is 0 Å². The Hall–Kier alpha value is -2.15. The summed E-state index contributed by atoms with van der Waals surface area (Å²) in [5.74, 6) is 0.733. The summed E-state index contributed by atoms with van der Waals surface area (Å²) in [5.41, 5.74) is 1.05. The number of aromatic nitrogens is 2. The lowest BCUT2D eigenvalue weighted by Crippen LogP contribution is -1.89. The molecule has 0 aliphatic rings. The second-order valence-corrected chi connectivity index (χ2v) is 2.77. The van der Waals surface area contributed by atoms with Crippen molar-refractivity contribution in [1.29, 1.82) is 5.26 Å². The Morgan fingerprint density at radius 2 is 2.14 bits per heavy atom. The minimum Gasteiger partial charge on any atom is -0.497 e. The number of hydrogen-bond donors (Lipinski definition) is 0. The third-order valence-corrected chi connectivity index (χ3v) is 1.91. The first-order valence-corrected chi connectivity index (χ1v) is 4.05. The van der Waals surface area contributed by atoms with E-state index in [9.17, 15) is 0 Å². The van der Waals surface area contributed by atoms with Crippen molar-refractivity contribution in [3.05, 3.63) is 30.0 Å². The second kappa shape index (κ2) is 3.30. The Balaban J connectivity index is 2.64. The highest BCUT2D eigenvalue weighted by Gasteiger charge is 2.00. The lowest BCUT2D eigenvalue weighted by Gasteiger charge is -2.00. The van der Waals surface area contributed by atoms with Crippen LogP contribution in [0.25, 0.3) is 10.9 Å². The molecule has 4 nitrogen and oxygen atoms in total. The van der Waals surface area contributed by atoms with E-state index in [1.807, 2.05) is 18.2 Å². The molecule has 14 heavy (non-hydrogen) atoms. The van der Waals surface area contributed by atoms with Crippen LogP contribution in [0.2, 0.25) is 0 Å². The number of nitrogens with zero attached hydrogens (tertiary/aromatic N) is 3. The molecule has 68 valence electrons. The van der Waals surface area contributed by atoms with Crippen molar-refractivity contribution in [3.63, 3.8) is 0 Å². The summed E-state index contributed by atoms with van der Waals surface area (Å²) in [6.45, 7) is 0. The van der Waals surface area contributed by atoms with Crippen LogP contribution in [0, 0.1) is 11.3 Å². The average Bonchev–Trinajstić information content (AvgIpc) is 2.27. The van der Waals surface area contributed by atoms with Gasteiger partial charge in [-0.05, 0) is 18.2 Å². The molecule has 1 aromatic carbocycles. The van der Waals surface area contributed by atoms with Crippen LogP contribution in [-0.2, 0) is 0 Å². The van der Waals surface area contributed by atoms with E-state index < -0.39 is 0 Å². The SMILES string of the molecule is COc1ccc2cc(C#N)nnc2c1. The van der Waals surface area contributed by atoms with E-state index >= 15 is 0 Å². The summed E-state index contributed by atoms with van der Waals surface area (Å²) >= 11 is 0. The molecular formula is C10H7N3O. The van der Waals surface area contributed by atoms with Gasteiger partial charge in [0.05, 0.1) is 12.6 Å². The number of fused-ring (bicyclic) bond motifs is 1. The first-order valence-electron chi connectivity index (χ1n) is 4.05. The zero-order chi connectivity index (χ0) is 9.97. The fraction of sp³-hybridized carbons (Fsp3) is 0.100. The van der Waals surface area contributed by atoms with Gasteiger partial charge in [-0.2, -0.15) is 5.26 Å². The van der Waals surface area contributed by atoms with E-state index in [1.54, 1.807) is 19.2 Å². The predicted molar refractivity (Wildman–Crippen MR) is 50.8 cm³/mol. The fourth-order valence-corrected chi connectivity index (χ4v) is 1.20. The van der Waals surface area contributed by atoms with Crippen LogP contribution in [0.4, 0.5) is 0 Å². The lowest BCUT2D eigenvalue weighted by atomic mass is 10.2. The zero-order valence-corrected chi connectivity index (χ0v) is 7.56. The van der Waals surface area contributed by atoms with Crippen molar-refractivity contribution in [1.82, 2.24) is 10.2 Å². The number of rotatable bonds is 1. The third-order valence-electron chi connectivity index (χ3n) is 1.91. The van der Waals surface area contributed by atoms with Gasteiger partial charge in [0.1, 0.15) is 11.8 Å². The summed E-state index contributed by atoms with van der Waals surface area (Å²) in [4.78, 5) is 0. The first kappa shape index (κ1) is 8.45. The van der Waals surface area contributed by atoms with Crippen LogP contribution >= 0.6 is 0 Å². The molecule has 0 saturated heterocycles. The molecule has 0 unspecified atom stereocenters. The monoisotopic (exact) mass is 185 g/mol. The zero-order valence-electron chi connectivity index (χ0n) is 7.56. The van der Waals surface area contributed by atoms with Crippen molar-refractivity contribution in [2.24, 2.45) is 0 Å². The Labute approximate surface area is 80.8 Å². The normalized spacial score (nSPS) is 9.71. The minimum absolute atomic E-state index is 0.322. The van der Waals surface area contributed by atoms with E-state index in [1.165, 1.54) is 0 Å². The maximum atomic E-state index is 8.62. The smallest absolute Gasteiger partial charge is 0.163 e. The van der Waals surface area contributed by atoms with Gasteiger partial charge in [0.2, 0.25) is 0 Å². The molecule has 0 spiro atoms. The molecule has 0 N–H and O–H groups in total. The average molecular weight is 185 g/mol. The molecule has 0 bridgehead atoms. The highest BCUT2D eigenvalue weighted by atomic mass is 16.5. The summed E-state index contributed by atoms with van der Waals surface area (Å²) in [7, 11) is 1.60. The van der Waals surface area contributed by atoms with Crippen LogP contribution < -0.4 is 4.74 Å². The highest BCUT2D eigenvalue weighted by molar-refractivity contribution is 5.80. The molecule has 0 amide bonds. The number of ether oxygens (including phenoxy) is 1. The summed E-state index contributed by atoms with van der Waals surface area (Å²) < 4.78 is 5.05. The third kappa shape index (κ3) is 1.36. The summed E-state index contributed by atoms with van der Waals surface area (Å²) in [6.07, 6.45) is 0. The van der Waals surface area contributed by atoms with E-state index in [4.69, 9.17) is 10.00 Å². The van der Waals surface area contributed by atoms with Crippen molar-refractivity contribution >= 4 is 10.9 Å². The molecule has 0 fully saturated rings. The molecule has 0 aliphatic carbocycles. The maximum Gasteiger partial charge on any atom is 0.163 e. The Bertz CT molecular complexity index is 516. The molecule has 1 aromatic heterocycles. The second-order valence-electron chi connectivity index (χ2n) is 2.77. The van der Waals surface area contributed by atoms with Gasteiger partial charge in [-0.25, -0.2) is 0 Å². The Kier molecular flexibility index (Phi) is 1.99. The van der Waals surface area contributed by atoms with Crippen molar-refractivity contribution in [3.8, 4) is 11.8 Å². The van der Waals surface area contributed by atoms with Gasteiger partial charge in [0.15, 0.2) is 5.69 Å². The van der Waals surface area contributed by atoms with Crippen LogP contribution in [0.15, 0.2) is 24.3 Å². The van der Waals surface area contributed by atoms with E-state index in [0.717, 1.165) is 16.7 Å². The van der Waals surface area contributed by atoms with Crippen LogP contribution in [0.5, 0.6) is 5.75 Å². The molecular weight excluding hydrogens is 178 g/mol. The Morgan fingerprint density at radius 1 is 1.29 bits per heavy atom. The standard InChI is InChI=1S/C10H7N3O/c1-14-9-3-2-7-4-8(6-11)12-13-10(7)5-9/h2-5H,1H3. The maximum absolute atomic E-state index is 8.62. The Morgan fingerprint density at radius 3 is 2.86 bits per heavy atom. The molecule has 0 radical (unpaired) electrons. The van der Waals surface area contributed by atoms with Gasteiger partial charge in [-0.15, -0.1) is 10.2 Å². The first-order chi connectivity index (χ1) is 6.83. The summed E-state index contributed by atoms with van der Waals surface area (Å²) in [6, 6.07) is 9.10. The van der Waals surface area contributed by atoms with E-state index in [-0.39, 0.29) is 0 Å². The molecule has 0 saturated carbocycles. The molecule has 1 heterocycles. The number of nitriles is 1. The van der Waals surface area contributed by atoms with Gasteiger partial charge in [-0.1, -0.05) is 0 Å². The minimum atomic E-state index is 0.322.